The van der Waals surface area contributed by atoms with E-state index >= 15 is 0 Å². The molecule has 0 bridgehead atoms. The molecule has 0 aromatic heterocycles. The molecule has 9 heteroatoms. The van der Waals surface area contributed by atoms with Crippen LogP contribution in [0.3, 0.4) is 0 Å². The number of nitrogens with zero attached hydrogens (tertiary/aromatic N) is 2. The highest BCUT2D eigenvalue weighted by molar-refractivity contribution is 5.92. The summed E-state index contributed by atoms with van der Waals surface area (Å²) in [4.78, 5) is 8.61. The van der Waals surface area contributed by atoms with E-state index in [4.69, 9.17) is 5.73 Å². The quantitative estimate of drug-likeness (QED) is 0.671. The Morgan fingerprint density at radius 3 is 2.12 bits per heavy atom. The van der Waals surface area contributed by atoms with Gasteiger partial charge in [0, 0.05) is 31.6 Å². The van der Waals surface area contributed by atoms with Gasteiger partial charge in [0.15, 0.2) is 11.7 Å². The third kappa shape index (κ3) is 3.99. The molecule has 3 aliphatic rings. The SMILES string of the molecule is NC1(C2CCC(F)(F)CC2)N=CNC(=NC2CCC(F)(F)CC2)N1. The molecule has 1 heterocycles. The van der Waals surface area contributed by atoms with E-state index in [0.29, 0.717) is 18.8 Å². The molecule has 5 nitrogen and oxygen atoms in total. The molecule has 24 heavy (non-hydrogen) atoms. The summed E-state index contributed by atoms with van der Waals surface area (Å²) in [6.45, 7) is 0. The molecule has 2 fully saturated rings. The second-order valence-electron chi connectivity index (χ2n) is 7.05. The average molecular weight is 349 g/mol. The van der Waals surface area contributed by atoms with Crippen molar-refractivity contribution in [1.29, 1.82) is 0 Å². The Morgan fingerprint density at radius 2 is 1.54 bits per heavy atom. The zero-order valence-corrected chi connectivity index (χ0v) is 13.4. The molecule has 0 saturated heterocycles. The maximum absolute atomic E-state index is 13.3. The molecule has 2 saturated carbocycles. The number of aliphatic imine (C=N–C) groups is 2. The summed E-state index contributed by atoms with van der Waals surface area (Å²) in [7, 11) is 0. The van der Waals surface area contributed by atoms with E-state index in [2.05, 4.69) is 20.6 Å². The fraction of sp³-hybridized carbons (Fsp3) is 0.867. The van der Waals surface area contributed by atoms with Gasteiger partial charge in [-0.05, 0) is 25.7 Å². The third-order valence-electron chi connectivity index (χ3n) is 5.14. The summed E-state index contributed by atoms with van der Waals surface area (Å²) >= 11 is 0. The van der Waals surface area contributed by atoms with E-state index in [1.54, 1.807) is 0 Å². The molecular weight excluding hydrogens is 326 g/mol. The Hall–Kier alpha value is -1.38. The van der Waals surface area contributed by atoms with E-state index in [1.165, 1.54) is 6.34 Å². The third-order valence-corrected chi connectivity index (χ3v) is 5.14. The smallest absolute Gasteiger partial charge is 0.248 e. The maximum atomic E-state index is 13.3. The number of halogens is 4. The van der Waals surface area contributed by atoms with Gasteiger partial charge in [-0.1, -0.05) is 0 Å². The minimum Gasteiger partial charge on any atom is -0.319 e. The van der Waals surface area contributed by atoms with Crippen LogP contribution in [0.5, 0.6) is 0 Å². The first-order chi connectivity index (χ1) is 11.2. The maximum Gasteiger partial charge on any atom is 0.248 e. The molecule has 0 aromatic rings. The highest BCUT2D eigenvalue weighted by atomic mass is 19.3. The van der Waals surface area contributed by atoms with E-state index in [0.717, 1.165) is 0 Å². The normalized spacial score (nSPS) is 35.5. The lowest BCUT2D eigenvalue weighted by Gasteiger charge is -2.41. The monoisotopic (exact) mass is 349 g/mol. The number of rotatable bonds is 2. The van der Waals surface area contributed by atoms with Crippen LogP contribution in [-0.4, -0.2) is 36.0 Å². The Bertz CT molecular complexity index is 516. The van der Waals surface area contributed by atoms with Gasteiger partial charge in [0.2, 0.25) is 11.8 Å². The van der Waals surface area contributed by atoms with Gasteiger partial charge >= 0.3 is 0 Å². The first-order valence-corrected chi connectivity index (χ1v) is 8.38. The fourth-order valence-electron chi connectivity index (χ4n) is 3.55. The second-order valence-corrected chi connectivity index (χ2v) is 7.05. The highest BCUT2D eigenvalue weighted by Gasteiger charge is 2.44. The first kappa shape index (κ1) is 17.4. The van der Waals surface area contributed by atoms with Crippen molar-refractivity contribution in [3.05, 3.63) is 0 Å². The van der Waals surface area contributed by atoms with Crippen LogP contribution in [0, 0.1) is 5.92 Å². The number of nitrogens with one attached hydrogen (secondary N) is 2. The average Bonchev–Trinajstić information content (AvgIpc) is 2.49. The number of hydrogen-bond donors (Lipinski definition) is 3. The summed E-state index contributed by atoms with van der Waals surface area (Å²) in [5, 5.41) is 5.81. The summed E-state index contributed by atoms with van der Waals surface area (Å²) in [6.07, 6.45) is 1.82. The largest absolute Gasteiger partial charge is 0.319 e. The minimum absolute atomic E-state index is 0.173. The molecule has 1 unspecified atom stereocenters. The van der Waals surface area contributed by atoms with Crippen LogP contribution < -0.4 is 16.4 Å². The Kier molecular flexibility index (Phi) is 4.48. The molecule has 3 rings (SSSR count). The van der Waals surface area contributed by atoms with Crippen molar-refractivity contribution < 1.29 is 17.6 Å². The van der Waals surface area contributed by atoms with Crippen molar-refractivity contribution in [3.63, 3.8) is 0 Å². The number of alkyl halides is 4. The van der Waals surface area contributed by atoms with Gasteiger partial charge < -0.3 is 10.6 Å². The molecule has 0 radical (unpaired) electrons. The van der Waals surface area contributed by atoms with Crippen LogP contribution in [0.2, 0.25) is 0 Å². The summed E-state index contributed by atoms with van der Waals surface area (Å²) in [6, 6.07) is -0.203. The van der Waals surface area contributed by atoms with Crippen LogP contribution >= 0.6 is 0 Å². The van der Waals surface area contributed by atoms with E-state index in [1.807, 2.05) is 0 Å². The van der Waals surface area contributed by atoms with Crippen LogP contribution in [0.25, 0.3) is 0 Å². The molecule has 0 amide bonds. The van der Waals surface area contributed by atoms with Crippen molar-refractivity contribution in [3.8, 4) is 0 Å². The number of hydrogen-bond acceptors (Lipinski definition) is 3. The van der Waals surface area contributed by atoms with Gasteiger partial charge in [-0.2, -0.15) is 0 Å². The van der Waals surface area contributed by atoms with Crippen molar-refractivity contribution in [2.45, 2.75) is 75.0 Å². The predicted molar refractivity (Wildman–Crippen MR) is 83.2 cm³/mol. The fourth-order valence-corrected chi connectivity index (χ4v) is 3.55. The zero-order chi connectivity index (χ0) is 17.4. The van der Waals surface area contributed by atoms with E-state index < -0.39 is 17.6 Å². The molecule has 1 aliphatic heterocycles. The van der Waals surface area contributed by atoms with Gasteiger partial charge in [-0.15, -0.1) is 0 Å². The van der Waals surface area contributed by atoms with Crippen molar-refractivity contribution in [2.24, 2.45) is 21.6 Å². The molecule has 1 atom stereocenters. The van der Waals surface area contributed by atoms with Crippen LogP contribution in [0.4, 0.5) is 17.6 Å². The van der Waals surface area contributed by atoms with Crippen molar-refractivity contribution in [1.82, 2.24) is 10.6 Å². The lowest BCUT2D eigenvalue weighted by molar-refractivity contribution is -0.0554. The van der Waals surface area contributed by atoms with Gasteiger partial charge in [-0.3, -0.25) is 5.73 Å². The first-order valence-electron chi connectivity index (χ1n) is 8.38. The van der Waals surface area contributed by atoms with E-state index in [-0.39, 0.29) is 50.5 Å². The van der Waals surface area contributed by atoms with E-state index in [9.17, 15) is 17.6 Å². The number of guanidine groups is 1. The van der Waals surface area contributed by atoms with Gasteiger partial charge in [0.05, 0.1) is 12.4 Å². The summed E-state index contributed by atoms with van der Waals surface area (Å²) < 4.78 is 53.0. The predicted octanol–water partition coefficient (Wildman–Crippen LogP) is 2.58. The molecule has 4 N–H and O–H groups in total. The minimum atomic E-state index is -2.63. The zero-order valence-electron chi connectivity index (χ0n) is 13.4. The van der Waals surface area contributed by atoms with Crippen molar-refractivity contribution >= 4 is 12.3 Å². The summed E-state index contributed by atoms with van der Waals surface area (Å²) in [5.74, 6) is -6.26. The topological polar surface area (TPSA) is 74.8 Å². The second kappa shape index (κ2) is 6.16. The van der Waals surface area contributed by atoms with Gasteiger partial charge in [0.25, 0.3) is 0 Å². The molecule has 0 spiro atoms. The lowest BCUT2D eigenvalue weighted by atomic mass is 9.82. The molecule has 0 aromatic carbocycles. The van der Waals surface area contributed by atoms with Crippen LogP contribution in [0.1, 0.15) is 51.4 Å². The Morgan fingerprint density at radius 1 is 1.00 bits per heavy atom. The Balaban J connectivity index is 1.63. The van der Waals surface area contributed by atoms with Crippen LogP contribution in [-0.2, 0) is 0 Å². The number of nitrogens with two attached hydrogens (primary N) is 1. The van der Waals surface area contributed by atoms with Gasteiger partial charge in [0.1, 0.15) is 0 Å². The molecular formula is C15H23F4N5. The van der Waals surface area contributed by atoms with Crippen molar-refractivity contribution in [2.75, 3.05) is 0 Å². The standard InChI is InChI=1S/C15H23F4N5/c16-13(17)5-1-10(2-6-13)15(20)22-9-21-12(24-15)23-11-3-7-14(18,19)8-4-11/h9-11H,1-8,20H2,(H2,21,22,23,24). The summed E-state index contributed by atoms with van der Waals surface area (Å²) in [5.41, 5.74) is 6.27. The molecule has 136 valence electrons. The Labute approximate surface area is 138 Å². The highest BCUT2D eigenvalue weighted by Crippen LogP contribution is 2.40. The lowest BCUT2D eigenvalue weighted by Crippen LogP contribution is -2.65. The van der Waals surface area contributed by atoms with Gasteiger partial charge in [-0.25, -0.2) is 27.5 Å². The van der Waals surface area contributed by atoms with Crippen LogP contribution in [0.15, 0.2) is 9.98 Å². The molecule has 2 aliphatic carbocycles.